The van der Waals surface area contributed by atoms with Gasteiger partial charge in [0.15, 0.2) is 0 Å². The molecule has 1 atom stereocenters. The fourth-order valence-corrected chi connectivity index (χ4v) is 2.47. The number of nitrogens with zero attached hydrogens (tertiary/aromatic N) is 3. The first-order valence-corrected chi connectivity index (χ1v) is 7.66. The molecule has 0 amide bonds. The first kappa shape index (κ1) is 15.8. The molecular formula is C15H17ClN4O3. The minimum absolute atomic E-state index is 0.0569. The highest BCUT2D eigenvalue weighted by atomic mass is 35.5. The lowest BCUT2D eigenvalue weighted by Crippen LogP contribution is -2.21. The zero-order valence-corrected chi connectivity index (χ0v) is 13.4. The lowest BCUT2D eigenvalue weighted by molar-refractivity contribution is 0.138. The molecule has 0 aromatic carbocycles. The second-order valence-corrected chi connectivity index (χ2v) is 5.64. The second kappa shape index (κ2) is 6.97. The Labute approximate surface area is 138 Å². The van der Waals surface area contributed by atoms with Crippen LogP contribution in [0.15, 0.2) is 29.3 Å². The maximum atomic E-state index is 11.7. The molecule has 1 aliphatic heterocycles. The highest BCUT2D eigenvalue weighted by Crippen LogP contribution is 2.18. The van der Waals surface area contributed by atoms with E-state index < -0.39 is 0 Å². The number of ether oxygens (including phenoxy) is 2. The Balaban J connectivity index is 1.66. The Morgan fingerprint density at radius 2 is 2.43 bits per heavy atom. The predicted octanol–water partition coefficient (Wildman–Crippen LogP) is 1.61. The van der Waals surface area contributed by atoms with E-state index in [2.05, 4.69) is 15.4 Å². The van der Waals surface area contributed by atoms with Gasteiger partial charge in [-0.05, 0) is 11.6 Å². The van der Waals surface area contributed by atoms with E-state index >= 15 is 0 Å². The first-order valence-electron chi connectivity index (χ1n) is 7.28. The van der Waals surface area contributed by atoms with Gasteiger partial charge < -0.3 is 14.8 Å². The summed E-state index contributed by atoms with van der Waals surface area (Å²) >= 11 is 6.02. The standard InChI is InChI=1S/C15H17ClN4O3/c1-20-15(21)14(16)12(8-19-20)18-7-10-2-4-17-13(6-10)23-11-3-5-22-9-11/h2,4,6,8,11,18H,3,5,7,9H2,1H3. The predicted molar refractivity (Wildman–Crippen MR) is 85.9 cm³/mol. The van der Waals surface area contributed by atoms with Gasteiger partial charge in [-0.2, -0.15) is 5.10 Å². The molecule has 1 unspecified atom stereocenters. The lowest BCUT2D eigenvalue weighted by Gasteiger charge is -2.12. The van der Waals surface area contributed by atoms with Crippen LogP contribution >= 0.6 is 11.6 Å². The number of halogens is 1. The van der Waals surface area contributed by atoms with Crippen LogP contribution in [0.1, 0.15) is 12.0 Å². The molecule has 0 aliphatic carbocycles. The number of aryl methyl sites for hydroxylation is 1. The van der Waals surface area contributed by atoms with Crippen molar-refractivity contribution in [1.29, 1.82) is 0 Å². The topological polar surface area (TPSA) is 78.3 Å². The van der Waals surface area contributed by atoms with Crippen molar-refractivity contribution in [1.82, 2.24) is 14.8 Å². The van der Waals surface area contributed by atoms with Gasteiger partial charge in [0.05, 0.1) is 25.1 Å². The minimum Gasteiger partial charge on any atom is -0.472 e. The van der Waals surface area contributed by atoms with Gasteiger partial charge >= 0.3 is 0 Å². The van der Waals surface area contributed by atoms with Crippen LogP contribution in [-0.4, -0.2) is 34.1 Å². The van der Waals surface area contributed by atoms with Crippen molar-refractivity contribution in [3.63, 3.8) is 0 Å². The summed E-state index contributed by atoms with van der Waals surface area (Å²) in [7, 11) is 1.55. The number of nitrogens with one attached hydrogen (secondary N) is 1. The summed E-state index contributed by atoms with van der Waals surface area (Å²) < 4.78 is 12.2. The van der Waals surface area contributed by atoms with Gasteiger partial charge in [-0.3, -0.25) is 4.79 Å². The first-order chi connectivity index (χ1) is 11.1. The molecule has 0 saturated carbocycles. The van der Waals surface area contributed by atoms with Crippen LogP contribution in [-0.2, 0) is 18.3 Å². The van der Waals surface area contributed by atoms with E-state index in [0.717, 1.165) is 18.6 Å². The van der Waals surface area contributed by atoms with Gasteiger partial charge in [-0.1, -0.05) is 11.6 Å². The highest BCUT2D eigenvalue weighted by molar-refractivity contribution is 6.32. The van der Waals surface area contributed by atoms with Crippen molar-refractivity contribution in [2.75, 3.05) is 18.5 Å². The number of pyridine rings is 1. The fraction of sp³-hybridized carbons (Fsp3) is 0.400. The summed E-state index contributed by atoms with van der Waals surface area (Å²) in [6.07, 6.45) is 4.14. The Bertz CT molecular complexity index is 744. The van der Waals surface area contributed by atoms with Gasteiger partial charge in [0.25, 0.3) is 5.56 Å². The Hall–Kier alpha value is -2.12. The van der Waals surface area contributed by atoms with Crippen LogP contribution in [0.2, 0.25) is 5.02 Å². The average Bonchev–Trinajstić information content (AvgIpc) is 3.05. The van der Waals surface area contributed by atoms with E-state index in [1.165, 1.54) is 10.9 Å². The van der Waals surface area contributed by atoms with Crippen LogP contribution in [0.5, 0.6) is 5.88 Å². The van der Waals surface area contributed by atoms with Crippen molar-refractivity contribution in [3.8, 4) is 5.88 Å². The molecule has 1 N–H and O–H groups in total. The summed E-state index contributed by atoms with van der Waals surface area (Å²) in [6.45, 7) is 1.80. The Morgan fingerprint density at radius 1 is 1.57 bits per heavy atom. The Kier molecular flexibility index (Phi) is 4.78. The number of anilines is 1. The number of hydrogen-bond acceptors (Lipinski definition) is 6. The maximum Gasteiger partial charge on any atom is 0.287 e. The van der Waals surface area contributed by atoms with E-state index in [-0.39, 0.29) is 16.7 Å². The van der Waals surface area contributed by atoms with Crippen LogP contribution in [0.3, 0.4) is 0 Å². The van der Waals surface area contributed by atoms with E-state index in [1.807, 2.05) is 12.1 Å². The molecule has 3 heterocycles. The Morgan fingerprint density at radius 3 is 3.22 bits per heavy atom. The number of hydrogen-bond donors (Lipinski definition) is 1. The normalized spacial score (nSPS) is 17.2. The third kappa shape index (κ3) is 3.80. The molecule has 8 heteroatoms. The van der Waals surface area contributed by atoms with Crippen molar-refractivity contribution in [2.45, 2.75) is 19.1 Å². The highest BCUT2D eigenvalue weighted by Gasteiger charge is 2.17. The monoisotopic (exact) mass is 336 g/mol. The molecule has 7 nitrogen and oxygen atoms in total. The molecule has 1 saturated heterocycles. The van der Waals surface area contributed by atoms with Crippen molar-refractivity contribution >= 4 is 17.3 Å². The van der Waals surface area contributed by atoms with Gasteiger partial charge in [0.2, 0.25) is 5.88 Å². The smallest absolute Gasteiger partial charge is 0.287 e. The largest absolute Gasteiger partial charge is 0.472 e. The van der Waals surface area contributed by atoms with E-state index in [4.69, 9.17) is 21.1 Å². The quantitative estimate of drug-likeness (QED) is 0.893. The van der Waals surface area contributed by atoms with Crippen molar-refractivity contribution < 1.29 is 9.47 Å². The van der Waals surface area contributed by atoms with Crippen LogP contribution in [0.4, 0.5) is 5.69 Å². The molecule has 2 aromatic heterocycles. The zero-order chi connectivity index (χ0) is 16.2. The van der Waals surface area contributed by atoms with Gasteiger partial charge in [-0.25, -0.2) is 9.67 Å². The lowest BCUT2D eigenvalue weighted by atomic mass is 10.2. The van der Waals surface area contributed by atoms with Gasteiger partial charge in [-0.15, -0.1) is 0 Å². The fourth-order valence-electron chi connectivity index (χ4n) is 2.23. The molecule has 1 aliphatic rings. The average molecular weight is 337 g/mol. The minimum atomic E-state index is -0.336. The molecule has 0 radical (unpaired) electrons. The third-order valence-corrected chi connectivity index (χ3v) is 3.90. The molecule has 0 spiro atoms. The van der Waals surface area contributed by atoms with Gasteiger partial charge in [0, 0.05) is 32.3 Å². The molecule has 122 valence electrons. The van der Waals surface area contributed by atoms with Gasteiger partial charge in [0.1, 0.15) is 11.1 Å². The number of aromatic nitrogens is 3. The van der Waals surface area contributed by atoms with Crippen molar-refractivity contribution in [3.05, 3.63) is 45.5 Å². The van der Waals surface area contributed by atoms with E-state index in [0.29, 0.717) is 24.7 Å². The van der Waals surface area contributed by atoms with Crippen molar-refractivity contribution in [2.24, 2.45) is 7.05 Å². The summed E-state index contributed by atoms with van der Waals surface area (Å²) in [6, 6.07) is 3.72. The van der Waals surface area contributed by atoms with E-state index in [9.17, 15) is 4.79 Å². The zero-order valence-electron chi connectivity index (χ0n) is 12.7. The third-order valence-electron chi connectivity index (χ3n) is 3.54. The van der Waals surface area contributed by atoms with Crippen LogP contribution < -0.4 is 15.6 Å². The molecular weight excluding hydrogens is 320 g/mol. The maximum absolute atomic E-state index is 11.7. The summed E-state index contributed by atoms with van der Waals surface area (Å²) in [5.41, 5.74) is 1.13. The van der Waals surface area contributed by atoms with Crippen LogP contribution in [0.25, 0.3) is 0 Å². The second-order valence-electron chi connectivity index (χ2n) is 5.26. The molecule has 23 heavy (non-hydrogen) atoms. The SMILES string of the molecule is Cn1ncc(NCc2ccnc(OC3CCOC3)c2)c(Cl)c1=O. The molecule has 3 rings (SSSR count). The summed E-state index contributed by atoms with van der Waals surface area (Å²) in [5, 5.41) is 7.17. The molecule has 0 bridgehead atoms. The molecule has 2 aromatic rings. The molecule has 1 fully saturated rings. The summed E-state index contributed by atoms with van der Waals surface area (Å²) in [5.74, 6) is 0.563. The van der Waals surface area contributed by atoms with Crippen LogP contribution in [0, 0.1) is 0 Å². The van der Waals surface area contributed by atoms with E-state index in [1.54, 1.807) is 13.2 Å². The number of rotatable bonds is 5. The summed E-state index contributed by atoms with van der Waals surface area (Å²) in [4.78, 5) is 15.9.